The summed E-state index contributed by atoms with van der Waals surface area (Å²) in [5.74, 6) is 1.64. The van der Waals surface area contributed by atoms with Gasteiger partial charge in [0.2, 0.25) is 0 Å². The van der Waals surface area contributed by atoms with Crippen molar-refractivity contribution in [3.8, 4) is 34.4 Å². The average Bonchev–Trinajstić information content (AvgIpc) is 3.73. The van der Waals surface area contributed by atoms with E-state index in [-0.39, 0.29) is 17.1 Å². The summed E-state index contributed by atoms with van der Waals surface area (Å²) in [6.45, 7) is 8.70. The molecule has 1 radical (unpaired) electrons. The second kappa shape index (κ2) is 9.01. The number of hydrogen-bond acceptors (Lipinski definition) is 2. The third-order valence-electron chi connectivity index (χ3n) is 7.78. The summed E-state index contributed by atoms with van der Waals surface area (Å²) in [6.07, 6.45) is 4.25. The molecule has 5 heterocycles. The molecule has 197 valence electrons. The Morgan fingerprint density at radius 3 is 1.31 bits per heavy atom. The fourth-order valence-electron chi connectivity index (χ4n) is 5.23. The summed E-state index contributed by atoms with van der Waals surface area (Å²) < 4.78 is 4.28. The van der Waals surface area contributed by atoms with Crippen LogP contribution in [0.15, 0.2) is 97.3 Å². The molecule has 0 aliphatic carbocycles. The van der Waals surface area contributed by atoms with Crippen molar-refractivity contribution in [1.82, 2.24) is 29.1 Å². The Kier molecular flexibility index (Phi) is 5.83. The first-order chi connectivity index (χ1) is 18.3. The normalized spacial score (nSPS) is 14.9. The molecule has 0 amide bonds. The predicted molar refractivity (Wildman–Crippen MR) is 149 cm³/mol. The van der Waals surface area contributed by atoms with Crippen LogP contribution in [-0.4, -0.2) is 19.1 Å². The molecule has 7 rings (SSSR count). The van der Waals surface area contributed by atoms with E-state index in [1.54, 1.807) is 0 Å². The van der Waals surface area contributed by atoms with Gasteiger partial charge >= 0.3 is 17.1 Å². The van der Waals surface area contributed by atoms with Crippen molar-refractivity contribution in [2.24, 2.45) is 0 Å². The van der Waals surface area contributed by atoms with Crippen molar-refractivity contribution in [3.63, 3.8) is 0 Å². The van der Waals surface area contributed by atoms with Crippen molar-refractivity contribution >= 4 is 0 Å². The van der Waals surface area contributed by atoms with Gasteiger partial charge in [-0.3, -0.25) is 0 Å². The molecule has 7 heteroatoms. The molecule has 39 heavy (non-hydrogen) atoms. The number of nitrogens with zero attached hydrogens (tertiary/aromatic N) is 6. The molecule has 0 saturated heterocycles. The SMILES string of the molecule is CC1(C)c2cn(-c3ccccc3)c(n2)-c2ccc([n-]2)C(C)(C)c2cn(-c3ccccc3)c(n2)-c2ccc1[n-]2.[Cu+2]. The van der Waals surface area contributed by atoms with Crippen molar-refractivity contribution < 1.29 is 17.1 Å². The molecular formula is C32H28CuN6. The first-order valence-corrected chi connectivity index (χ1v) is 12.9. The third kappa shape index (κ3) is 3.92. The molecule has 1 aliphatic rings. The van der Waals surface area contributed by atoms with E-state index >= 15 is 0 Å². The van der Waals surface area contributed by atoms with Crippen molar-refractivity contribution in [1.29, 1.82) is 0 Å². The van der Waals surface area contributed by atoms with Gasteiger partial charge in [0.25, 0.3) is 0 Å². The van der Waals surface area contributed by atoms with Crippen molar-refractivity contribution in [3.05, 3.63) is 120 Å². The monoisotopic (exact) mass is 559 g/mol. The number of benzene rings is 2. The molecule has 6 nitrogen and oxygen atoms in total. The number of hydrogen-bond donors (Lipinski definition) is 0. The third-order valence-corrected chi connectivity index (χ3v) is 7.78. The zero-order chi connectivity index (χ0) is 26.1. The quantitative estimate of drug-likeness (QED) is 0.235. The smallest absolute Gasteiger partial charge is 0.658 e. The summed E-state index contributed by atoms with van der Waals surface area (Å²) in [4.78, 5) is 20.6. The van der Waals surface area contributed by atoms with Gasteiger partial charge in [-0.1, -0.05) is 99.7 Å². The first-order valence-electron chi connectivity index (χ1n) is 12.9. The average molecular weight is 560 g/mol. The maximum absolute atomic E-state index is 5.17. The number of aromatic nitrogens is 6. The van der Waals surface area contributed by atoms with Crippen LogP contribution in [-0.2, 0) is 27.9 Å². The van der Waals surface area contributed by atoms with Crippen LogP contribution in [0.4, 0.5) is 0 Å². The van der Waals surface area contributed by atoms with Crippen molar-refractivity contribution in [2.45, 2.75) is 38.5 Å². The second-order valence-electron chi connectivity index (χ2n) is 11.0. The largest absolute Gasteiger partial charge is 2.00 e. The molecule has 2 aromatic carbocycles. The maximum Gasteiger partial charge on any atom is 2.00 e. The number of rotatable bonds is 2. The molecule has 0 saturated carbocycles. The molecule has 8 bridgehead atoms. The van der Waals surface area contributed by atoms with Crippen LogP contribution < -0.4 is 9.97 Å². The second-order valence-corrected chi connectivity index (χ2v) is 11.0. The summed E-state index contributed by atoms with van der Waals surface area (Å²) >= 11 is 0. The molecule has 1 aliphatic heterocycles. The van der Waals surface area contributed by atoms with Crippen LogP contribution in [0.2, 0.25) is 0 Å². The van der Waals surface area contributed by atoms with Crippen molar-refractivity contribution in [2.75, 3.05) is 0 Å². The van der Waals surface area contributed by atoms with Crippen LogP contribution in [0.5, 0.6) is 0 Å². The van der Waals surface area contributed by atoms with Crippen LogP contribution in [0.1, 0.15) is 50.5 Å². The van der Waals surface area contributed by atoms with Gasteiger partial charge in [0.05, 0.1) is 11.4 Å². The Bertz CT molecular complexity index is 1630. The first kappa shape index (κ1) is 25.2. The zero-order valence-corrected chi connectivity index (χ0v) is 23.2. The van der Waals surface area contributed by atoms with Gasteiger partial charge in [0.15, 0.2) is 0 Å². The Labute approximate surface area is 238 Å². The molecule has 0 atom stereocenters. The molecular weight excluding hydrogens is 532 g/mol. The van der Waals surface area contributed by atoms with E-state index in [4.69, 9.17) is 19.9 Å². The van der Waals surface area contributed by atoms with E-state index < -0.39 is 10.8 Å². The van der Waals surface area contributed by atoms with Gasteiger partial charge in [-0.25, -0.2) is 9.97 Å². The van der Waals surface area contributed by atoms with Gasteiger partial charge in [-0.15, -0.1) is 11.4 Å². The molecule has 6 aromatic rings. The molecule has 0 unspecified atom stereocenters. The number of imidazole rings is 2. The summed E-state index contributed by atoms with van der Waals surface area (Å²) in [5, 5.41) is 0. The Hall–Kier alpha value is -4.06. The van der Waals surface area contributed by atoms with Crippen LogP contribution in [0, 0.1) is 0 Å². The van der Waals surface area contributed by atoms with Gasteiger partial charge in [-0.2, -0.15) is 0 Å². The van der Waals surface area contributed by atoms with E-state index in [9.17, 15) is 0 Å². The van der Waals surface area contributed by atoms with E-state index in [0.717, 1.165) is 57.2 Å². The number of para-hydroxylation sites is 2. The zero-order valence-electron chi connectivity index (χ0n) is 22.2. The fraction of sp³-hybridized carbons (Fsp3) is 0.188. The van der Waals surface area contributed by atoms with Gasteiger partial charge in [-0.05, 0) is 24.3 Å². The van der Waals surface area contributed by atoms with E-state index in [1.807, 2.05) is 36.4 Å². The Morgan fingerprint density at radius 2 is 0.923 bits per heavy atom. The summed E-state index contributed by atoms with van der Waals surface area (Å²) in [6, 6.07) is 29.0. The van der Waals surface area contributed by atoms with E-state index in [0.29, 0.717) is 0 Å². The van der Waals surface area contributed by atoms with E-state index in [2.05, 4.69) is 97.8 Å². The standard InChI is InChI=1S/C32H28N6.Cu/c1-31(2)25-17-15-23(33-25)30-36-28(20-38(30)22-13-9-6-10-14-22)32(3,4)26-18-16-24(34-26)29-35-27(31)19-37(29)21-11-7-5-8-12-21;/h5-20H,1-4H3;/q-2;+2. The Balaban J connectivity index is 0.00000277. The predicted octanol–water partition coefficient (Wildman–Crippen LogP) is 6.27. The minimum Gasteiger partial charge on any atom is -0.658 e. The molecule has 4 aromatic heterocycles. The van der Waals surface area contributed by atoms with Crippen LogP contribution >= 0.6 is 0 Å². The summed E-state index contributed by atoms with van der Waals surface area (Å²) in [5.41, 5.74) is 6.70. The topological polar surface area (TPSA) is 63.8 Å². The maximum atomic E-state index is 5.17. The molecule has 0 fully saturated rings. The fourth-order valence-corrected chi connectivity index (χ4v) is 5.23. The van der Waals surface area contributed by atoms with Gasteiger partial charge in [0.1, 0.15) is 11.6 Å². The van der Waals surface area contributed by atoms with Gasteiger partial charge < -0.3 is 19.1 Å². The number of fused-ring (bicyclic) bond motifs is 10. The summed E-state index contributed by atoms with van der Waals surface area (Å²) in [7, 11) is 0. The van der Waals surface area contributed by atoms with E-state index in [1.165, 1.54) is 0 Å². The van der Waals surface area contributed by atoms with Crippen LogP contribution in [0.25, 0.3) is 34.4 Å². The Morgan fingerprint density at radius 1 is 0.538 bits per heavy atom. The minimum atomic E-state index is -0.432. The van der Waals surface area contributed by atoms with Crippen LogP contribution in [0.3, 0.4) is 0 Å². The molecule has 0 spiro atoms. The molecule has 0 N–H and O–H groups in total. The van der Waals surface area contributed by atoms with Gasteiger partial charge in [0, 0.05) is 34.6 Å². The minimum absolute atomic E-state index is 0.